The van der Waals surface area contributed by atoms with Crippen LogP contribution in [0.5, 0.6) is 0 Å². The van der Waals surface area contributed by atoms with E-state index in [1.54, 1.807) is 4.90 Å². The summed E-state index contributed by atoms with van der Waals surface area (Å²) in [6, 6.07) is 10.3. The van der Waals surface area contributed by atoms with E-state index in [1.807, 2.05) is 18.2 Å². The van der Waals surface area contributed by atoms with Gasteiger partial charge in [0.15, 0.2) is 5.78 Å². The van der Waals surface area contributed by atoms with E-state index in [9.17, 15) is 14.4 Å². The molecule has 5 heteroatoms. The quantitative estimate of drug-likeness (QED) is 0.658. The third-order valence-electron chi connectivity index (χ3n) is 6.85. The maximum absolute atomic E-state index is 13.4. The van der Waals surface area contributed by atoms with Crippen molar-refractivity contribution in [2.75, 3.05) is 13.1 Å². The molecular formula is C23H24N2O3. The van der Waals surface area contributed by atoms with E-state index in [4.69, 9.17) is 5.73 Å². The van der Waals surface area contributed by atoms with E-state index in [0.29, 0.717) is 25.9 Å². The Morgan fingerprint density at radius 2 is 1.79 bits per heavy atom. The van der Waals surface area contributed by atoms with E-state index < -0.39 is 11.3 Å². The minimum atomic E-state index is -1.01. The second-order valence-corrected chi connectivity index (χ2v) is 8.51. The summed E-state index contributed by atoms with van der Waals surface area (Å²) in [5.74, 6) is -0.826. The summed E-state index contributed by atoms with van der Waals surface area (Å²) in [6.45, 7) is 0.983. The van der Waals surface area contributed by atoms with E-state index in [1.165, 1.54) is 16.5 Å². The van der Waals surface area contributed by atoms with Crippen LogP contribution in [0.15, 0.2) is 30.3 Å². The number of carbonyl (C=O) groups is 3. The number of hydrogen-bond donors (Lipinski definition) is 1. The Kier molecular flexibility index (Phi) is 3.83. The average Bonchev–Trinajstić information content (AvgIpc) is 3.44. The minimum absolute atomic E-state index is 0.108. The van der Waals surface area contributed by atoms with Crippen LogP contribution in [0.4, 0.5) is 0 Å². The first kappa shape index (κ1) is 17.4. The lowest BCUT2D eigenvalue weighted by atomic mass is 9.86. The van der Waals surface area contributed by atoms with Gasteiger partial charge in [-0.05, 0) is 60.4 Å². The highest BCUT2D eigenvalue weighted by Crippen LogP contribution is 2.47. The number of aryl methyl sites for hydroxylation is 2. The van der Waals surface area contributed by atoms with Crippen molar-refractivity contribution in [2.45, 2.75) is 38.5 Å². The third-order valence-corrected chi connectivity index (χ3v) is 6.85. The highest BCUT2D eigenvalue weighted by Gasteiger charge is 2.57. The SMILES string of the molecule is NC(=O)C1(C(=O)N2CCC[C@@H](C(=O)c3ccc4c5c(cccc35)CC4)C2)CC1. The number of likely N-dealkylation sites (tertiary alicyclic amines) is 1. The highest BCUT2D eigenvalue weighted by atomic mass is 16.2. The molecule has 1 atom stereocenters. The van der Waals surface area contributed by atoms with Crippen LogP contribution in [0.25, 0.3) is 10.8 Å². The molecule has 28 heavy (non-hydrogen) atoms. The van der Waals surface area contributed by atoms with E-state index >= 15 is 0 Å². The number of rotatable bonds is 4. The fourth-order valence-corrected chi connectivity index (χ4v) is 5.05. The Balaban J connectivity index is 1.43. The third kappa shape index (κ3) is 2.49. The van der Waals surface area contributed by atoms with Crippen molar-refractivity contribution >= 4 is 28.4 Å². The van der Waals surface area contributed by atoms with Crippen molar-refractivity contribution in [1.29, 1.82) is 0 Å². The lowest BCUT2D eigenvalue weighted by molar-refractivity contribution is -0.144. The van der Waals surface area contributed by atoms with Crippen molar-refractivity contribution in [3.63, 3.8) is 0 Å². The Morgan fingerprint density at radius 3 is 2.50 bits per heavy atom. The van der Waals surface area contributed by atoms with Gasteiger partial charge in [-0.1, -0.05) is 30.3 Å². The van der Waals surface area contributed by atoms with Crippen LogP contribution < -0.4 is 5.73 Å². The largest absolute Gasteiger partial charge is 0.369 e. The number of carbonyl (C=O) groups excluding carboxylic acids is 3. The topological polar surface area (TPSA) is 80.5 Å². The predicted octanol–water partition coefficient (Wildman–Crippen LogP) is 2.63. The van der Waals surface area contributed by atoms with E-state index in [-0.39, 0.29) is 17.6 Å². The number of ketones is 1. The normalized spacial score (nSPS) is 22.3. The van der Waals surface area contributed by atoms with Gasteiger partial charge in [-0.3, -0.25) is 14.4 Å². The standard InChI is InChI=1S/C23H24N2O3/c24-21(27)23(10-11-23)22(28)25-12-2-4-16(13-25)20(26)18-9-8-15-7-6-14-3-1-5-17(18)19(14)15/h1,3,5,8-9,16H,2,4,6-7,10-13H2,(H2,24,27)/t16-/m1/s1. The molecule has 3 aliphatic rings. The molecule has 2 amide bonds. The second-order valence-electron chi connectivity index (χ2n) is 8.51. The predicted molar refractivity (Wildman–Crippen MR) is 106 cm³/mol. The van der Waals surface area contributed by atoms with Gasteiger partial charge >= 0.3 is 0 Å². The average molecular weight is 376 g/mol. The molecule has 0 unspecified atom stereocenters. The number of Topliss-reactive ketones (excluding diaryl/α,β-unsaturated/α-hetero) is 1. The van der Waals surface area contributed by atoms with Gasteiger partial charge in [-0.25, -0.2) is 0 Å². The Hall–Kier alpha value is -2.69. The van der Waals surface area contributed by atoms with Gasteiger partial charge < -0.3 is 10.6 Å². The molecule has 0 aromatic heterocycles. The molecule has 2 aromatic rings. The molecule has 1 heterocycles. The molecule has 2 aromatic carbocycles. The number of benzene rings is 2. The number of nitrogens with two attached hydrogens (primary N) is 1. The van der Waals surface area contributed by atoms with Crippen LogP contribution in [0.3, 0.4) is 0 Å². The number of hydrogen-bond acceptors (Lipinski definition) is 3. The van der Waals surface area contributed by atoms with Gasteiger partial charge in [0.2, 0.25) is 11.8 Å². The maximum Gasteiger partial charge on any atom is 0.238 e. The summed E-state index contributed by atoms with van der Waals surface area (Å²) >= 11 is 0. The molecule has 1 aliphatic heterocycles. The van der Waals surface area contributed by atoms with Gasteiger partial charge in [-0.2, -0.15) is 0 Å². The number of piperidine rings is 1. The van der Waals surface area contributed by atoms with Crippen LogP contribution in [-0.4, -0.2) is 35.6 Å². The second kappa shape index (κ2) is 6.16. The molecule has 1 saturated carbocycles. The molecule has 1 saturated heterocycles. The summed E-state index contributed by atoms with van der Waals surface area (Å²) < 4.78 is 0. The maximum atomic E-state index is 13.4. The summed E-state index contributed by atoms with van der Waals surface area (Å²) in [7, 11) is 0. The first-order valence-electron chi connectivity index (χ1n) is 10.2. The van der Waals surface area contributed by atoms with Crippen LogP contribution >= 0.6 is 0 Å². The molecular weight excluding hydrogens is 352 g/mol. The number of nitrogens with zero attached hydrogens (tertiary/aromatic N) is 1. The zero-order chi connectivity index (χ0) is 19.5. The van der Waals surface area contributed by atoms with Gasteiger partial charge in [0.1, 0.15) is 5.41 Å². The minimum Gasteiger partial charge on any atom is -0.369 e. The first-order chi connectivity index (χ1) is 13.5. The van der Waals surface area contributed by atoms with Gasteiger partial charge in [0.05, 0.1) is 0 Å². The molecule has 144 valence electrons. The molecule has 0 bridgehead atoms. The monoisotopic (exact) mass is 376 g/mol. The van der Waals surface area contributed by atoms with Crippen molar-refractivity contribution < 1.29 is 14.4 Å². The van der Waals surface area contributed by atoms with Crippen LogP contribution in [0.1, 0.15) is 47.2 Å². The number of amides is 2. The fourth-order valence-electron chi connectivity index (χ4n) is 5.05. The van der Waals surface area contributed by atoms with Crippen molar-refractivity contribution in [1.82, 2.24) is 4.90 Å². The lowest BCUT2D eigenvalue weighted by Crippen LogP contribution is -2.48. The Bertz CT molecular complexity index is 1010. The molecule has 5 nitrogen and oxygen atoms in total. The van der Waals surface area contributed by atoms with E-state index in [2.05, 4.69) is 12.1 Å². The molecule has 5 rings (SSSR count). The van der Waals surface area contributed by atoms with Crippen molar-refractivity contribution in [3.8, 4) is 0 Å². The Morgan fingerprint density at radius 1 is 1.04 bits per heavy atom. The van der Waals surface area contributed by atoms with Crippen LogP contribution in [-0.2, 0) is 22.4 Å². The van der Waals surface area contributed by atoms with Crippen LogP contribution in [0, 0.1) is 11.3 Å². The zero-order valence-corrected chi connectivity index (χ0v) is 15.9. The van der Waals surface area contributed by atoms with Crippen LogP contribution in [0.2, 0.25) is 0 Å². The smallest absolute Gasteiger partial charge is 0.238 e. The Labute approximate surface area is 163 Å². The molecule has 2 aliphatic carbocycles. The molecule has 0 spiro atoms. The number of primary amides is 1. The van der Waals surface area contributed by atoms with Crippen molar-refractivity contribution in [3.05, 3.63) is 47.0 Å². The van der Waals surface area contributed by atoms with Gasteiger partial charge in [0.25, 0.3) is 0 Å². The highest BCUT2D eigenvalue weighted by molar-refractivity contribution is 6.11. The van der Waals surface area contributed by atoms with Gasteiger partial charge in [0, 0.05) is 24.6 Å². The first-order valence-corrected chi connectivity index (χ1v) is 10.2. The summed E-state index contributed by atoms with van der Waals surface area (Å²) in [4.78, 5) is 39.7. The molecule has 2 N–H and O–H groups in total. The zero-order valence-electron chi connectivity index (χ0n) is 15.9. The lowest BCUT2D eigenvalue weighted by Gasteiger charge is -2.34. The summed E-state index contributed by atoms with van der Waals surface area (Å²) in [5.41, 5.74) is 7.86. The van der Waals surface area contributed by atoms with E-state index in [0.717, 1.165) is 36.6 Å². The fraction of sp³-hybridized carbons (Fsp3) is 0.435. The summed E-state index contributed by atoms with van der Waals surface area (Å²) in [5, 5.41) is 2.28. The molecule has 0 radical (unpaired) electrons. The van der Waals surface area contributed by atoms with Gasteiger partial charge in [-0.15, -0.1) is 0 Å². The van der Waals surface area contributed by atoms with Crippen molar-refractivity contribution in [2.24, 2.45) is 17.1 Å². The molecule has 2 fully saturated rings. The summed E-state index contributed by atoms with van der Waals surface area (Å²) in [6.07, 6.45) is 4.68.